The molecule has 0 radical (unpaired) electrons. The SMILES string of the molecule is CCCOc1ccc(C(O)C(N)CCNC)cc1. The van der Waals surface area contributed by atoms with Crippen molar-refractivity contribution < 1.29 is 9.84 Å². The monoisotopic (exact) mass is 252 g/mol. The number of hydrogen-bond donors (Lipinski definition) is 3. The van der Waals surface area contributed by atoms with Gasteiger partial charge in [-0.05, 0) is 44.1 Å². The fourth-order valence-corrected chi connectivity index (χ4v) is 1.70. The van der Waals surface area contributed by atoms with E-state index in [4.69, 9.17) is 10.5 Å². The average molecular weight is 252 g/mol. The minimum atomic E-state index is -0.626. The van der Waals surface area contributed by atoms with Gasteiger partial charge in [0.15, 0.2) is 0 Å². The number of nitrogens with two attached hydrogens (primary N) is 1. The Balaban J connectivity index is 2.55. The zero-order valence-electron chi connectivity index (χ0n) is 11.2. The molecule has 1 rings (SSSR count). The fourth-order valence-electron chi connectivity index (χ4n) is 1.70. The molecule has 0 aliphatic rings. The van der Waals surface area contributed by atoms with Gasteiger partial charge in [-0.1, -0.05) is 19.1 Å². The minimum absolute atomic E-state index is 0.250. The number of aliphatic hydroxyl groups excluding tert-OH is 1. The van der Waals surface area contributed by atoms with Crippen LogP contribution in [-0.4, -0.2) is 31.3 Å². The van der Waals surface area contributed by atoms with Gasteiger partial charge in [-0.15, -0.1) is 0 Å². The standard InChI is InChI=1S/C14H24N2O2/c1-3-10-18-12-6-4-11(5-7-12)14(17)13(15)8-9-16-2/h4-7,13-14,16-17H,3,8-10,15H2,1-2H3. The van der Waals surface area contributed by atoms with Crippen LogP contribution in [0, 0.1) is 0 Å². The second-order valence-corrected chi connectivity index (χ2v) is 4.42. The van der Waals surface area contributed by atoms with Crippen LogP contribution in [0.4, 0.5) is 0 Å². The zero-order valence-corrected chi connectivity index (χ0v) is 11.2. The Morgan fingerprint density at radius 1 is 1.33 bits per heavy atom. The van der Waals surface area contributed by atoms with E-state index >= 15 is 0 Å². The Kier molecular flexibility index (Phi) is 6.72. The van der Waals surface area contributed by atoms with Gasteiger partial charge >= 0.3 is 0 Å². The highest BCUT2D eigenvalue weighted by Gasteiger charge is 2.16. The average Bonchev–Trinajstić information content (AvgIpc) is 2.42. The molecular formula is C14H24N2O2. The van der Waals surface area contributed by atoms with Gasteiger partial charge in [0.05, 0.1) is 12.7 Å². The maximum absolute atomic E-state index is 10.1. The Labute approximate surface area is 109 Å². The smallest absolute Gasteiger partial charge is 0.119 e. The predicted octanol–water partition coefficient (Wildman–Crippen LogP) is 1.45. The second-order valence-electron chi connectivity index (χ2n) is 4.42. The molecular weight excluding hydrogens is 228 g/mol. The van der Waals surface area contributed by atoms with E-state index in [-0.39, 0.29) is 6.04 Å². The van der Waals surface area contributed by atoms with Gasteiger partial charge in [-0.2, -0.15) is 0 Å². The first-order valence-corrected chi connectivity index (χ1v) is 6.50. The van der Waals surface area contributed by atoms with Crippen molar-refractivity contribution in [3.8, 4) is 5.75 Å². The van der Waals surface area contributed by atoms with Crippen LogP contribution in [0.2, 0.25) is 0 Å². The molecule has 4 heteroatoms. The van der Waals surface area contributed by atoms with Gasteiger partial charge in [0.1, 0.15) is 5.75 Å². The van der Waals surface area contributed by atoms with Crippen LogP contribution in [0.25, 0.3) is 0 Å². The third-order valence-corrected chi connectivity index (χ3v) is 2.83. The van der Waals surface area contributed by atoms with E-state index in [1.54, 1.807) is 0 Å². The predicted molar refractivity (Wildman–Crippen MR) is 73.7 cm³/mol. The summed E-state index contributed by atoms with van der Waals surface area (Å²) in [6.45, 7) is 3.58. The van der Waals surface area contributed by atoms with E-state index in [9.17, 15) is 5.11 Å². The van der Waals surface area contributed by atoms with E-state index in [0.29, 0.717) is 6.61 Å². The molecule has 0 heterocycles. The summed E-state index contributed by atoms with van der Waals surface area (Å²) in [7, 11) is 1.87. The molecule has 0 fully saturated rings. The zero-order chi connectivity index (χ0) is 13.4. The molecule has 1 aromatic rings. The van der Waals surface area contributed by atoms with Crippen molar-refractivity contribution in [3.63, 3.8) is 0 Å². The summed E-state index contributed by atoms with van der Waals surface area (Å²) >= 11 is 0. The summed E-state index contributed by atoms with van der Waals surface area (Å²) in [5.74, 6) is 0.830. The minimum Gasteiger partial charge on any atom is -0.494 e. The Morgan fingerprint density at radius 3 is 2.56 bits per heavy atom. The highest BCUT2D eigenvalue weighted by Crippen LogP contribution is 2.20. The van der Waals surface area contributed by atoms with Gasteiger partial charge < -0.3 is 20.9 Å². The molecule has 2 atom stereocenters. The van der Waals surface area contributed by atoms with E-state index in [1.807, 2.05) is 31.3 Å². The Morgan fingerprint density at radius 2 is 2.00 bits per heavy atom. The molecule has 2 unspecified atom stereocenters. The Bertz CT molecular complexity index is 327. The highest BCUT2D eigenvalue weighted by atomic mass is 16.5. The molecule has 4 N–H and O–H groups in total. The van der Waals surface area contributed by atoms with Gasteiger partial charge in [-0.3, -0.25) is 0 Å². The lowest BCUT2D eigenvalue weighted by Crippen LogP contribution is -2.31. The topological polar surface area (TPSA) is 67.5 Å². The third-order valence-electron chi connectivity index (χ3n) is 2.83. The molecule has 0 spiro atoms. The Hall–Kier alpha value is -1.10. The summed E-state index contributed by atoms with van der Waals surface area (Å²) in [6, 6.07) is 7.24. The van der Waals surface area contributed by atoms with Crippen molar-refractivity contribution in [1.29, 1.82) is 0 Å². The molecule has 0 saturated carbocycles. The summed E-state index contributed by atoms with van der Waals surface area (Å²) in [4.78, 5) is 0. The van der Waals surface area contributed by atoms with Crippen LogP contribution in [-0.2, 0) is 0 Å². The summed E-state index contributed by atoms with van der Waals surface area (Å²) < 4.78 is 5.49. The van der Waals surface area contributed by atoms with Crippen LogP contribution >= 0.6 is 0 Å². The highest BCUT2D eigenvalue weighted by molar-refractivity contribution is 5.29. The van der Waals surface area contributed by atoms with Crippen LogP contribution < -0.4 is 15.8 Å². The third kappa shape index (κ3) is 4.64. The van der Waals surface area contributed by atoms with E-state index < -0.39 is 6.10 Å². The largest absolute Gasteiger partial charge is 0.494 e. The summed E-state index contributed by atoms with van der Waals surface area (Å²) in [5.41, 5.74) is 6.77. The first-order valence-electron chi connectivity index (χ1n) is 6.50. The number of aliphatic hydroxyl groups is 1. The maximum atomic E-state index is 10.1. The second kappa shape index (κ2) is 8.08. The van der Waals surface area contributed by atoms with E-state index in [2.05, 4.69) is 12.2 Å². The van der Waals surface area contributed by atoms with Crippen molar-refractivity contribution >= 4 is 0 Å². The first kappa shape index (κ1) is 15.0. The van der Waals surface area contributed by atoms with Crippen molar-refractivity contribution in [2.75, 3.05) is 20.2 Å². The molecule has 0 aliphatic carbocycles. The van der Waals surface area contributed by atoms with E-state index in [1.165, 1.54) is 0 Å². The van der Waals surface area contributed by atoms with Crippen LogP contribution in [0.1, 0.15) is 31.4 Å². The molecule has 4 nitrogen and oxygen atoms in total. The van der Waals surface area contributed by atoms with Crippen molar-refractivity contribution in [2.45, 2.75) is 31.9 Å². The number of benzene rings is 1. The van der Waals surface area contributed by atoms with E-state index in [0.717, 1.165) is 30.7 Å². The van der Waals surface area contributed by atoms with Crippen LogP contribution in [0.3, 0.4) is 0 Å². The maximum Gasteiger partial charge on any atom is 0.119 e. The summed E-state index contributed by atoms with van der Waals surface area (Å²) in [6.07, 6.45) is 1.10. The van der Waals surface area contributed by atoms with Crippen LogP contribution in [0.15, 0.2) is 24.3 Å². The lowest BCUT2D eigenvalue weighted by atomic mass is 10.0. The molecule has 18 heavy (non-hydrogen) atoms. The van der Waals surface area contributed by atoms with Crippen molar-refractivity contribution in [1.82, 2.24) is 5.32 Å². The quantitative estimate of drug-likeness (QED) is 0.655. The molecule has 0 aromatic heterocycles. The number of ether oxygens (including phenoxy) is 1. The lowest BCUT2D eigenvalue weighted by molar-refractivity contribution is 0.142. The molecule has 1 aromatic carbocycles. The molecule has 0 saturated heterocycles. The van der Waals surface area contributed by atoms with Gasteiger partial charge in [-0.25, -0.2) is 0 Å². The van der Waals surface area contributed by atoms with Gasteiger partial charge in [0, 0.05) is 6.04 Å². The molecule has 0 amide bonds. The molecule has 0 aliphatic heterocycles. The molecule has 0 bridgehead atoms. The van der Waals surface area contributed by atoms with Gasteiger partial charge in [0.2, 0.25) is 0 Å². The lowest BCUT2D eigenvalue weighted by Gasteiger charge is -2.19. The summed E-state index contributed by atoms with van der Waals surface area (Å²) in [5, 5.41) is 13.1. The first-order chi connectivity index (χ1) is 8.69. The number of nitrogens with one attached hydrogen (secondary N) is 1. The number of hydrogen-bond acceptors (Lipinski definition) is 4. The fraction of sp³-hybridized carbons (Fsp3) is 0.571. The van der Waals surface area contributed by atoms with Crippen molar-refractivity contribution in [3.05, 3.63) is 29.8 Å². The number of rotatable bonds is 8. The van der Waals surface area contributed by atoms with Crippen LogP contribution in [0.5, 0.6) is 5.75 Å². The van der Waals surface area contributed by atoms with Gasteiger partial charge in [0.25, 0.3) is 0 Å². The molecule has 102 valence electrons. The normalized spacial score (nSPS) is 14.2. The van der Waals surface area contributed by atoms with Crippen molar-refractivity contribution in [2.24, 2.45) is 5.73 Å².